The van der Waals surface area contributed by atoms with E-state index >= 15 is 0 Å². The molecule has 3 aromatic rings. The summed E-state index contributed by atoms with van der Waals surface area (Å²) in [6.45, 7) is 10.4. The molecule has 4 rings (SSSR count). The minimum Gasteiger partial charge on any atom is -0.496 e. The van der Waals surface area contributed by atoms with E-state index < -0.39 is 11.4 Å². The predicted octanol–water partition coefficient (Wildman–Crippen LogP) is 7.08. The molecule has 1 aliphatic carbocycles. The lowest BCUT2D eigenvalue weighted by atomic mass is 9.87. The molecule has 7 heteroatoms. The predicted molar refractivity (Wildman–Crippen MR) is 157 cm³/mol. The molecular formula is C33H42N2O5. The Morgan fingerprint density at radius 3 is 2.30 bits per heavy atom. The number of benzene rings is 2. The molecule has 1 aromatic heterocycles. The summed E-state index contributed by atoms with van der Waals surface area (Å²) in [6.07, 6.45) is 6.09. The molecule has 0 bridgehead atoms. The van der Waals surface area contributed by atoms with E-state index in [0.29, 0.717) is 11.7 Å². The van der Waals surface area contributed by atoms with Crippen LogP contribution in [0.4, 0.5) is 0 Å². The molecule has 1 atom stereocenters. The molecule has 1 amide bonds. The van der Waals surface area contributed by atoms with E-state index in [-0.39, 0.29) is 36.1 Å². The SMILES string of the molecule is COc1ccc(C(Oc2ccc(C(C)(C)C)cc2)C2CCCC2)c2cnc(C(=O)NCC(C)(C)CC(=O)O)cc12. The molecule has 7 nitrogen and oxygen atoms in total. The number of aliphatic carboxylic acids is 1. The zero-order valence-electron chi connectivity index (χ0n) is 24.5. The number of fused-ring (bicyclic) bond motifs is 1. The van der Waals surface area contributed by atoms with Crippen LogP contribution in [0.2, 0.25) is 0 Å². The van der Waals surface area contributed by atoms with Crippen LogP contribution in [0, 0.1) is 11.3 Å². The average Bonchev–Trinajstić information content (AvgIpc) is 3.43. The Balaban J connectivity index is 1.67. The molecular weight excluding hydrogens is 504 g/mol. The summed E-state index contributed by atoms with van der Waals surface area (Å²) >= 11 is 0. The van der Waals surface area contributed by atoms with Gasteiger partial charge in [-0.05, 0) is 53.5 Å². The van der Waals surface area contributed by atoms with Gasteiger partial charge < -0.3 is 19.9 Å². The van der Waals surface area contributed by atoms with Crippen LogP contribution in [0.25, 0.3) is 10.8 Å². The van der Waals surface area contributed by atoms with E-state index in [0.717, 1.165) is 34.9 Å². The Hall–Kier alpha value is -3.61. The van der Waals surface area contributed by atoms with Crippen molar-refractivity contribution in [2.24, 2.45) is 11.3 Å². The number of hydrogen-bond donors (Lipinski definition) is 2. The maximum atomic E-state index is 13.0. The van der Waals surface area contributed by atoms with E-state index in [2.05, 4.69) is 61.4 Å². The van der Waals surface area contributed by atoms with Crippen LogP contribution in [0.1, 0.15) is 94.4 Å². The van der Waals surface area contributed by atoms with Crippen LogP contribution < -0.4 is 14.8 Å². The molecule has 0 spiro atoms. The number of nitrogens with zero attached hydrogens (tertiary/aromatic N) is 1. The molecule has 0 radical (unpaired) electrons. The normalized spacial score (nSPS) is 15.2. The summed E-state index contributed by atoms with van der Waals surface area (Å²) in [5.41, 5.74) is 2.03. The summed E-state index contributed by atoms with van der Waals surface area (Å²) < 4.78 is 12.4. The topological polar surface area (TPSA) is 97.8 Å². The monoisotopic (exact) mass is 546 g/mol. The first kappa shape index (κ1) is 29.4. The number of amides is 1. The molecule has 1 aliphatic rings. The lowest BCUT2D eigenvalue weighted by Gasteiger charge is -2.27. The molecule has 40 heavy (non-hydrogen) atoms. The second-order valence-electron chi connectivity index (χ2n) is 12.7. The first-order valence-electron chi connectivity index (χ1n) is 14.1. The Morgan fingerprint density at radius 2 is 1.70 bits per heavy atom. The van der Waals surface area contributed by atoms with Gasteiger partial charge in [0, 0.05) is 35.0 Å². The van der Waals surface area contributed by atoms with Gasteiger partial charge in [0.2, 0.25) is 0 Å². The smallest absolute Gasteiger partial charge is 0.303 e. The standard InChI is InChI=1S/C33H42N2O5/c1-32(2,3)22-11-13-23(14-12-22)40-30(21-9-7-8-10-21)24-15-16-28(39-6)25-17-27(34-19-26(24)25)31(38)35-20-33(4,5)18-29(36)37/h11-17,19,21,30H,7-10,18,20H2,1-6H3,(H,35,38)(H,36,37). The lowest BCUT2D eigenvalue weighted by molar-refractivity contribution is -0.139. The van der Waals surface area contributed by atoms with Gasteiger partial charge in [-0.15, -0.1) is 0 Å². The zero-order chi connectivity index (χ0) is 29.1. The fourth-order valence-corrected chi connectivity index (χ4v) is 5.52. The van der Waals surface area contributed by atoms with E-state index in [1.165, 1.54) is 18.4 Å². The van der Waals surface area contributed by atoms with Crippen LogP contribution in [0.15, 0.2) is 48.7 Å². The molecule has 1 heterocycles. The number of carboxylic acids is 1. The van der Waals surface area contributed by atoms with E-state index in [1.807, 2.05) is 19.9 Å². The van der Waals surface area contributed by atoms with Crippen molar-refractivity contribution in [3.63, 3.8) is 0 Å². The third-order valence-electron chi connectivity index (χ3n) is 7.82. The maximum absolute atomic E-state index is 13.0. The van der Waals surface area contributed by atoms with Gasteiger partial charge in [-0.2, -0.15) is 0 Å². The second-order valence-corrected chi connectivity index (χ2v) is 12.7. The molecule has 214 valence electrons. The largest absolute Gasteiger partial charge is 0.496 e. The van der Waals surface area contributed by atoms with E-state index in [9.17, 15) is 9.59 Å². The number of ether oxygens (including phenoxy) is 2. The van der Waals surface area contributed by atoms with Crippen molar-refractivity contribution in [2.45, 2.75) is 78.2 Å². The number of carboxylic acid groups (broad SMARTS) is 1. The quantitative estimate of drug-likeness (QED) is 0.282. The number of hydrogen-bond acceptors (Lipinski definition) is 5. The number of methoxy groups -OCH3 is 1. The number of carbonyl (C=O) groups is 2. The van der Waals surface area contributed by atoms with Crippen LogP contribution in [-0.2, 0) is 10.2 Å². The highest BCUT2D eigenvalue weighted by atomic mass is 16.5. The zero-order valence-corrected chi connectivity index (χ0v) is 24.5. The molecule has 2 N–H and O–H groups in total. The number of rotatable bonds is 10. The summed E-state index contributed by atoms with van der Waals surface area (Å²) in [6, 6.07) is 14.1. The highest BCUT2D eigenvalue weighted by Crippen LogP contribution is 2.43. The number of pyridine rings is 1. The maximum Gasteiger partial charge on any atom is 0.303 e. The third-order valence-corrected chi connectivity index (χ3v) is 7.82. The lowest BCUT2D eigenvalue weighted by Crippen LogP contribution is -2.35. The van der Waals surface area contributed by atoms with E-state index in [4.69, 9.17) is 14.6 Å². The van der Waals surface area contributed by atoms with Crippen molar-refractivity contribution >= 4 is 22.6 Å². The van der Waals surface area contributed by atoms with Gasteiger partial charge in [0.05, 0.1) is 13.5 Å². The third kappa shape index (κ3) is 6.93. The molecule has 1 unspecified atom stereocenters. The van der Waals surface area contributed by atoms with Gasteiger partial charge in [-0.25, -0.2) is 0 Å². The molecule has 0 saturated heterocycles. The Bertz CT molecular complexity index is 1350. The number of carbonyl (C=O) groups excluding carboxylic acids is 1. The first-order chi connectivity index (χ1) is 18.9. The van der Waals surface area contributed by atoms with Gasteiger partial charge in [0.15, 0.2) is 0 Å². The number of aromatic nitrogens is 1. The Kier molecular flexibility index (Phi) is 8.71. The average molecular weight is 547 g/mol. The van der Waals surface area contributed by atoms with Crippen molar-refractivity contribution in [3.8, 4) is 11.5 Å². The molecule has 1 saturated carbocycles. The van der Waals surface area contributed by atoms with Gasteiger partial charge in [0.1, 0.15) is 23.3 Å². The highest BCUT2D eigenvalue weighted by Gasteiger charge is 2.31. The summed E-state index contributed by atoms with van der Waals surface area (Å²) in [7, 11) is 1.62. The van der Waals surface area contributed by atoms with Crippen LogP contribution in [0.5, 0.6) is 11.5 Å². The highest BCUT2D eigenvalue weighted by molar-refractivity contribution is 5.99. The van der Waals surface area contributed by atoms with Crippen molar-refractivity contribution in [3.05, 3.63) is 65.5 Å². The summed E-state index contributed by atoms with van der Waals surface area (Å²) in [5, 5.41) is 13.7. The molecule has 2 aromatic carbocycles. The van der Waals surface area contributed by atoms with Crippen LogP contribution >= 0.6 is 0 Å². The second kappa shape index (κ2) is 11.9. The van der Waals surface area contributed by atoms with Gasteiger partial charge >= 0.3 is 5.97 Å². The molecule has 1 fully saturated rings. The minimum atomic E-state index is -0.899. The molecule has 0 aliphatic heterocycles. The van der Waals surface area contributed by atoms with Crippen molar-refractivity contribution in [1.29, 1.82) is 0 Å². The summed E-state index contributed by atoms with van der Waals surface area (Å²) in [5.74, 6) is 0.612. The fraction of sp³-hybridized carbons (Fsp3) is 0.485. The van der Waals surface area contributed by atoms with Crippen molar-refractivity contribution in [1.82, 2.24) is 10.3 Å². The van der Waals surface area contributed by atoms with Gasteiger partial charge in [-0.3, -0.25) is 14.6 Å². The van der Waals surface area contributed by atoms with Gasteiger partial charge in [-0.1, -0.05) is 65.7 Å². The van der Waals surface area contributed by atoms with Crippen molar-refractivity contribution in [2.75, 3.05) is 13.7 Å². The number of nitrogens with one attached hydrogen (secondary N) is 1. The van der Waals surface area contributed by atoms with Crippen LogP contribution in [0.3, 0.4) is 0 Å². The van der Waals surface area contributed by atoms with E-state index in [1.54, 1.807) is 19.4 Å². The minimum absolute atomic E-state index is 0.0445. The summed E-state index contributed by atoms with van der Waals surface area (Å²) in [4.78, 5) is 28.7. The Morgan fingerprint density at radius 1 is 1.02 bits per heavy atom. The van der Waals surface area contributed by atoms with Gasteiger partial charge in [0.25, 0.3) is 5.91 Å². The van der Waals surface area contributed by atoms with Crippen molar-refractivity contribution < 1.29 is 24.2 Å². The van der Waals surface area contributed by atoms with Crippen LogP contribution in [-0.4, -0.2) is 35.6 Å². The Labute approximate surface area is 237 Å². The fourth-order valence-electron chi connectivity index (χ4n) is 5.52. The first-order valence-corrected chi connectivity index (χ1v) is 14.1.